The summed E-state index contributed by atoms with van der Waals surface area (Å²) in [7, 11) is 0. The van der Waals surface area contributed by atoms with E-state index in [-0.39, 0.29) is 35.4 Å². The van der Waals surface area contributed by atoms with Crippen molar-refractivity contribution in [3.05, 3.63) is 63.1 Å². The van der Waals surface area contributed by atoms with Gasteiger partial charge in [-0.25, -0.2) is 8.78 Å². The minimum atomic E-state index is -0.956. The number of fused-ring (bicyclic) bond motifs is 3. The first-order valence-corrected chi connectivity index (χ1v) is 10.3. The second kappa shape index (κ2) is 8.13. The third-order valence-corrected chi connectivity index (χ3v) is 6.17. The van der Waals surface area contributed by atoms with Gasteiger partial charge in [-0.3, -0.25) is 14.4 Å². The first-order chi connectivity index (χ1) is 14.8. The van der Waals surface area contributed by atoms with Gasteiger partial charge in [-0.15, -0.1) is 0 Å². The number of aromatic hydroxyl groups is 1. The van der Waals surface area contributed by atoms with Crippen molar-refractivity contribution in [2.24, 2.45) is 0 Å². The molecular weight excluding hydrogens is 408 g/mol. The van der Waals surface area contributed by atoms with E-state index in [1.807, 2.05) is 6.92 Å². The summed E-state index contributed by atoms with van der Waals surface area (Å²) in [6.45, 7) is 2.05. The van der Waals surface area contributed by atoms with E-state index in [9.17, 15) is 28.3 Å². The highest BCUT2D eigenvalue weighted by Crippen LogP contribution is 2.39. The maximum absolute atomic E-state index is 13.8. The van der Waals surface area contributed by atoms with Crippen LogP contribution in [-0.2, 0) is 6.54 Å². The number of amides is 2. The first kappa shape index (κ1) is 21.0. The number of pyridine rings is 1. The van der Waals surface area contributed by atoms with Gasteiger partial charge in [0.05, 0.1) is 12.1 Å². The van der Waals surface area contributed by atoms with Crippen molar-refractivity contribution in [1.82, 2.24) is 14.8 Å². The van der Waals surface area contributed by atoms with Gasteiger partial charge < -0.3 is 19.9 Å². The first-order valence-electron chi connectivity index (χ1n) is 10.3. The number of hydrogen-bond acceptors (Lipinski definition) is 4. The lowest BCUT2D eigenvalue weighted by atomic mass is 9.86. The number of carbonyl (C=O) groups is 2. The molecule has 2 aromatic rings. The van der Waals surface area contributed by atoms with Crippen LogP contribution in [0.1, 0.15) is 65.1 Å². The standard InChI is InChI=1S/C22H23F2N3O4/c1-2-26-16-5-3-4-6-17(16)27-11-14(19(28)20(29)18(27)22(26)31)21(30)25-10-12-7-8-13(23)9-15(12)24/h7-9,11,16-17,29H,2-6,10H2,1H3,(H,25,30)/t16-,17+/m1/s1. The molecule has 2 aliphatic rings. The predicted molar refractivity (Wildman–Crippen MR) is 108 cm³/mol. The van der Waals surface area contributed by atoms with E-state index in [1.165, 1.54) is 12.3 Å². The molecule has 4 rings (SSSR count). The van der Waals surface area contributed by atoms with Crippen LogP contribution in [0.3, 0.4) is 0 Å². The molecule has 164 valence electrons. The number of likely N-dealkylation sites (N-methyl/N-ethyl adjacent to an activating group) is 1. The molecule has 31 heavy (non-hydrogen) atoms. The Balaban J connectivity index is 1.69. The van der Waals surface area contributed by atoms with Crippen molar-refractivity contribution in [3.8, 4) is 5.75 Å². The van der Waals surface area contributed by atoms with Gasteiger partial charge in [0.2, 0.25) is 5.43 Å². The van der Waals surface area contributed by atoms with Gasteiger partial charge >= 0.3 is 0 Å². The molecule has 2 heterocycles. The molecule has 2 N–H and O–H groups in total. The van der Waals surface area contributed by atoms with E-state index in [1.54, 1.807) is 9.47 Å². The fourth-order valence-corrected chi connectivity index (χ4v) is 4.63. The number of rotatable bonds is 4. The number of hydrogen-bond donors (Lipinski definition) is 2. The average Bonchev–Trinajstić information content (AvgIpc) is 2.75. The summed E-state index contributed by atoms with van der Waals surface area (Å²) in [5.41, 5.74) is -1.33. The molecule has 0 unspecified atom stereocenters. The maximum Gasteiger partial charge on any atom is 0.274 e. The van der Waals surface area contributed by atoms with Crippen LogP contribution in [0.25, 0.3) is 0 Å². The molecule has 0 radical (unpaired) electrons. The van der Waals surface area contributed by atoms with Crippen molar-refractivity contribution in [3.63, 3.8) is 0 Å². The van der Waals surface area contributed by atoms with Crippen LogP contribution in [0, 0.1) is 11.6 Å². The summed E-state index contributed by atoms with van der Waals surface area (Å²) in [6.07, 6.45) is 4.79. The van der Waals surface area contributed by atoms with Gasteiger partial charge in [0, 0.05) is 30.9 Å². The van der Waals surface area contributed by atoms with Gasteiger partial charge in [0.25, 0.3) is 11.8 Å². The second-order valence-electron chi connectivity index (χ2n) is 7.91. The molecule has 1 saturated carbocycles. The summed E-state index contributed by atoms with van der Waals surface area (Å²) < 4.78 is 28.4. The van der Waals surface area contributed by atoms with Crippen molar-refractivity contribution < 1.29 is 23.5 Å². The SMILES string of the molecule is CCN1C(=O)c2c(O)c(=O)c(C(=O)NCc3ccc(F)cc3F)cn2[C@H]2CCCC[C@H]21. The smallest absolute Gasteiger partial charge is 0.274 e. The highest BCUT2D eigenvalue weighted by atomic mass is 19.1. The number of nitrogens with zero attached hydrogens (tertiary/aromatic N) is 2. The summed E-state index contributed by atoms with van der Waals surface area (Å²) in [5, 5.41) is 13.0. The summed E-state index contributed by atoms with van der Waals surface area (Å²) in [4.78, 5) is 40.0. The Morgan fingerprint density at radius 2 is 1.90 bits per heavy atom. The summed E-state index contributed by atoms with van der Waals surface area (Å²) in [5.74, 6) is -3.55. The number of nitrogens with one attached hydrogen (secondary N) is 1. The normalized spacial score (nSPS) is 20.2. The van der Waals surface area contributed by atoms with Crippen molar-refractivity contribution >= 4 is 11.8 Å². The predicted octanol–water partition coefficient (Wildman–Crippen LogP) is 2.72. The lowest BCUT2D eigenvalue weighted by Gasteiger charge is -2.45. The van der Waals surface area contributed by atoms with E-state index in [4.69, 9.17) is 0 Å². The monoisotopic (exact) mass is 431 g/mol. The average molecular weight is 431 g/mol. The van der Waals surface area contributed by atoms with Gasteiger partial charge in [-0.2, -0.15) is 0 Å². The number of halogens is 2. The molecule has 1 aromatic carbocycles. The van der Waals surface area contributed by atoms with E-state index in [0.717, 1.165) is 31.7 Å². The molecular formula is C22H23F2N3O4. The molecule has 2 amide bonds. The van der Waals surface area contributed by atoms with Crippen LogP contribution in [-0.4, -0.2) is 39.0 Å². The largest absolute Gasteiger partial charge is 0.503 e. The molecule has 0 bridgehead atoms. The Labute approximate surface area is 177 Å². The number of aromatic nitrogens is 1. The molecule has 0 spiro atoms. The summed E-state index contributed by atoms with van der Waals surface area (Å²) >= 11 is 0. The quantitative estimate of drug-likeness (QED) is 0.779. The van der Waals surface area contributed by atoms with E-state index >= 15 is 0 Å². The van der Waals surface area contributed by atoms with Crippen LogP contribution in [0.2, 0.25) is 0 Å². The molecule has 1 aliphatic heterocycles. The van der Waals surface area contributed by atoms with Gasteiger partial charge in [0.15, 0.2) is 11.4 Å². The second-order valence-corrected chi connectivity index (χ2v) is 7.91. The van der Waals surface area contributed by atoms with E-state index in [2.05, 4.69) is 5.32 Å². The molecule has 0 saturated heterocycles. The molecule has 9 heteroatoms. The molecule has 1 aliphatic carbocycles. The van der Waals surface area contributed by atoms with E-state index < -0.39 is 34.6 Å². The number of benzene rings is 1. The van der Waals surface area contributed by atoms with Gasteiger partial charge in [-0.1, -0.05) is 18.9 Å². The van der Waals surface area contributed by atoms with Crippen LogP contribution in [0.15, 0.2) is 29.2 Å². The Hall–Kier alpha value is -3.23. The van der Waals surface area contributed by atoms with Crippen LogP contribution in [0.4, 0.5) is 8.78 Å². The molecule has 1 fully saturated rings. The zero-order valence-electron chi connectivity index (χ0n) is 17.0. The highest BCUT2D eigenvalue weighted by molar-refractivity contribution is 5.99. The van der Waals surface area contributed by atoms with Crippen molar-refractivity contribution in [2.75, 3.05) is 6.54 Å². The van der Waals surface area contributed by atoms with Crippen molar-refractivity contribution in [1.29, 1.82) is 0 Å². The maximum atomic E-state index is 13.8. The third-order valence-electron chi connectivity index (χ3n) is 6.17. The Morgan fingerprint density at radius 3 is 2.58 bits per heavy atom. The van der Waals surface area contributed by atoms with Gasteiger partial charge in [-0.05, 0) is 25.8 Å². The lowest BCUT2D eigenvalue weighted by molar-refractivity contribution is 0.0442. The molecule has 7 nitrogen and oxygen atoms in total. The third kappa shape index (κ3) is 3.58. The fraction of sp³-hybridized carbons (Fsp3) is 0.409. The Kier molecular flexibility index (Phi) is 5.51. The molecule has 2 atom stereocenters. The van der Waals surface area contributed by atoms with Gasteiger partial charge in [0.1, 0.15) is 17.2 Å². The zero-order valence-corrected chi connectivity index (χ0v) is 17.0. The lowest BCUT2D eigenvalue weighted by Crippen LogP contribution is -2.52. The van der Waals surface area contributed by atoms with Crippen LogP contribution >= 0.6 is 0 Å². The van der Waals surface area contributed by atoms with Crippen molar-refractivity contribution in [2.45, 2.75) is 51.2 Å². The minimum absolute atomic E-state index is 0.0538. The highest BCUT2D eigenvalue weighted by Gasteiger charge is 2.42. The topological polar surface area (TPSA) is 91.6 Å². The minimum Gasteiger partial charge on any atom is -0.503 e. The fourth-order valence-electron chi connectivity index (χ4n) is 4.63. The Bertz CT molecular complexity index is 1110. The zero-order chi connectivity index (χ0) is 22.3. The van der Waals surface area contributed by atoms with Crippen LogP contribution in [0.5, 0.6) is 5.75 Å². The van der Waals surface area contributed by atoms with E-state index in [0.29, 0.717) is 12.6 Å². The Morgan fingerprint density at radius 1 is 1.19 bits per heavy atom. The molecule has 1 aromatic heterocycles. The summed E-state index contributed by atoms with van der Waals surface area (Å²) in [6, 6.07) is 2.76. The number of carbonyl (C=O) groups excluding carboxylic acids is 2. The van der Waals surface area contributed by atoms with Crippen LogP contribution < -0.4 is 10.7 Å².